The lowest BCUT2D eigenvalue weighted by molar-refractivity contribution is 0.405. The Balaban J connectivity index is 1.79. The zero-order valence-electron chi connectivity index (χ0n) is 14.8. The summed E-state index contributed by atoms with van der Waals surface area (Å²) in [5, 5.41) is 7.76. The number of hydrogen-bond acceptors (Lipinski definition) is 3. The molecule has 0 saturated heterocycles. The van der Waals surface area contributed by atoms with Gasteiger partial charge in [0.05, 0.1) is 24.6 Å². The van der Waals surface area contributed by atoms with Crippen molar-refractivity contribution in [2.24, 2.45) is 5.10 Å². The summed E-state index contributed by atoms with van der Waals surface area (Å²) in [6, 6.07) is 24.2. The van der Waals surface area contributed by atoms with Gasteiger partial charge in [-0.1, -0.05) is 63.9 Å². The largest absolute Gasteiger partial charge is 0.496 e. The van der Waals surface area contributed by atoms with Gasteiger partial charge in [0.1, 0.15) is 5.75 Å². The molecule has 1 aliphatic rings. The minimum atomic E-state index is 0.0566. The van der Waals surface area contributed by atoms with Gasteiger partial charge in [-0.05, 0) is 42.0 Å². The molecule has 136 valence electrons. The van der Waals surface area contributed by atoms with Crippen LogP contribution in [0.25, 0.3) is 0 Å². The first-order valence-corrected chi connectivity index (χ1v) is 9.84. The van der Waals surface area contributed by atoms with Crippen LogP contribution in [0.4, 0.5) is 5.69 Å². The van der Waals surface area contributed by atoms with Crippen molar-refractivity contribution in [3.8, 4) is 5.75 Å². The van der Waals surface area contributed by atoms with Gasteiger partial charge in [-0.25, -0.2) is 0 Å². The number of hydrogen-bond donors (Lipinski definition) is 0. The van der Waals surface area contributed by atoms with Crippen LogP contribution < -0.4 is 9.75 Å². The molecule has 0 N–H and O–H groups in total. The van der Waals surface area contributed by atoms with Crippen molar-refractivity contribution in [3.05, 3.63) is 93.4 Å². The Bertz CT molecular complexity index is 988. The lowest BCUT2D eigenvalue weighted by Crippen LogP contribution is -2.19. The topological polar surface area (TPSA) is 24.8 Å². The number of anilines is 1. The molecule has 3 aromatic carbocycles. The van der Waals surface area contributed by atoms with E-state index in [1.807, 2.05) is 54.6 Å². The lowest BCUT2D eigenvalue weighted by Gasteiger charge is -2.25. The molecule has 0 amide bonds. The fraction of sp³-hybridized carbons (Fsp3) is 0.136. The first-order valence-electron chi connectivity index (χ1n) is 8.67. The Labute approximate surface area is 172 Å². The minimum Gasteiger partial charge on any atom is -0.496 e. The molecule has 1 heterocycles. The maximum atomic E-state index is 6.05. The third kappa shape index (κ3) is 3.73. The quantitative estimate of drug-likeness (QED) is 0.464. The Kier molecular flexibility index (Phi) is 5.19. The number of methoxy groups -OCH3 is 1. The van der Waals surface area contributed by atoms with E-state index in [1.165, 1.54) is 0 Å². The molecule has 4 rings (SSSR count). The number of ether oxygens (including phenoxy) is 1. The minimum absolute atomic E-state index is 0.0566. The number of para-hydroxylation sites is 1. The summed E-state index contributed by atoms with van der Waals surface area (Å²) in [5.74, 6) is 0.870. The second kappa shape index (κ2) is 7.75. The van der Waals surface area contributed by atoms with Crippen molar-refractivity contribution in [1.82, 2.24) is 0 Å². The van der Waals surface area contributed by atoms with E-state index in [1.54, 1.807) is 7.11 Å². The molecule has 0 spiro atoms. The molecule has 0 bridgehead atoms. The van der Waals surface area contributed by atoms with Crippen molar-refractivity contribution in [2.75, 3.05) is 12.1 Å². The van der Waals surface area contributed by atoms with Gasteiger partial charge >= 0.3 is 0 Å². The van der Waals surface area contributed by atoms with Crippen LogP contribution >= 0.6 is 27.5 Å². The van der Waals surface area contributed by atoms with Crippen molar-refractivity contribution >= 4 is 38.9 Å². The zero-order valence-corrected chi connectivity index (χ0v) is 17.1. The molecule has 0 unspecified atom stereocenters. The summed E-state index contributed by atoms with van der Waals surface area (Å²) in [6.07, 6.45) is 0.786. The highest BCUT2D eigenvalue weighted by molar-refractivity contribution is 9.10. The van der Waals surface area contributed by atoms with Crippen LogP contribution in [0.2, 0.25) is 5.02 Å². The normalized spacial score (nSPS) is 16.3. The second-order valence-electron chi connectivity index (χ2n) is 6.34. The van der Waals surface area contributed by atoms with Crippen molar-refractivity contribution in [3.63, 3.8) is 0 Å². The fourth-order valence-electron chi connectivity index (χ4n) is 3.37. The highest BCUT2D eigenvalue weighted by atomic mass is 79.9. The van der Waals surface area contributed by atoms with Crippen molar-refractivity contribution < 1.29 is 4.74 Å². The molecular weight excluding hydrogens is 424 g/mol. The molecule has 1 aliphatic heterocycles. The molecule has 0 saturated carbocycles. The highest BCUT2D eigenvalue weighted by Gasteiger charge is 2.31. The lowest BCUT2D eigenvalue weighted by atomic mass is 9.97. The Morgan fingerprint density at radius 3 is 2.56 bits per heavy atom. The van der Waals surface area contributed by atoms with E-state index < -0.39 is 0 Å². The molecular formula is C22H18BrClN2O. The predicted molar refractivity (Wildman–Crippen MR) is 115 cm³/mol. The molecule has 0 fully saturated rings. The highest BCUT2D eigenvalue weighted by Crippen LogP contribution is 2.40. The Morgan fingerprint density at radius 2 is 1.81 bits per heavy atom. The molecule has 1 atom stereocenters. The van der Waals surface area contributed by atoms with Crippen LogP contribution in [-0.4, -0.2) is 12.8 Å². The standard InChI is InChI=1S/C22H18BrClN2O/c1-27-22-8-3-2-7-19(22)21-14-20(15-9-11-17(24)12-10-15)25-26(21)18-6-4-5-16(23)13-18/h2-13,21H,14H2,1H3/t21-/m0/s1. The van der Waals surface area contributed by atoms with Gasteiger partial charge in [-0.15, -0.1) is 0 Å². The van der Waals surface area contributed by atoms with Crippen molar-refractivity contribution in [2.45, 2.75) is 12.5 Å². The van der Waals surface area contributed by atoms with E-state index in [4.69, 9.17) is 21.4 Å². The Morgan fingerprint density at radius 1 is 1.04 bits per heavy atom. The van der Waals surface area contributed by atoms with E-state index in [0.717, 1.165) is 44.2 Å². The van der Waals surface area contributed by atoms with E-state index in [0.29, 0.717) is 0 Å². The molecule has 0 aliphatic carbocycles. The summed E-state index contributed by atoms with van der Waals surface area (Å²) in [4.78, 5) is 0. The summed E-state index contributed by atoms with van der Waals surface area (Å²) in [7, 11) is 1.71. The maximum Gasteiger partial charge on any atom is 0.124 e. The monoisotopic (exact) mass is 440 g/mol. The SMILES string of the molecule is COc1ccccc1[C@@H]1CC(c2ccc(Cl)cc2)=NN1c1cccc(Br)c1. The van der Waals surface area contributed by atoms with Gasteiger partial charge in [-0.3, -0.25) is 5.01 Å². The average molecular weight is 442 g/mol. The van der Waals surface area contributed by atoms with Gasteiger partial charge < -0.3 is 4.74 Å². The van der Waals surface area contributed by atoms with Crippen LogP contribution in [0.15, 0.2) is 82.4 Å². The maximum absolute atomic E-state index is 6.05. The fourth-order valence-corrected chi connectivity index (χ4v) is 3.88. The number of nitrogens with zero attached hydrogens (tertiary/aromatic N) is 2. The number of hydrazone groups is 1. The molecule has 0 aromatic heterocycles. The molecule has 3 aromatic rings. The first-order chi connectivity index (χ1) is 13.2. The first kappa shape index (κ1) is 18.1. The third-order valence-electron chi connectivity index (χ3n) is 4.66. The van der Waals surface area contributed by atoms with E-state index in [2.05, 4.69) is 39.1 Å². The van der Waals surface area contributed by atoms with Gasteiger partial charge in [0.15, 0.2) is 0 Å². The van der Waals surface area contributed by atoms with Crippen LogP contribution in [0.1, 0.15) is 23.6 Å². The molecule has 0 radical (unpaired) electrons. The average Bonchev–Trinajstić information content (AvgIpc) is 3.14. The molecule has 27 heavy (non-hydrogen) atoms. The predicted octanol–water partition coefficient (Wildman–Crippen LogP) is 6.47. The second-order valence-corrected chi connectivity index (χ2v) is 7.69. The zero-order chi connectivity index (χ0) is 18.8. The smallest absolute Gasteiger partial charge is 0.124 e. The van der Waals surface area contributed by atoms with Crippen LogP contribution in [-0.2, 0) is 0 Å². The third-order valence-corrected chi connectivity index (χ3v) is 5.40. The van der Waals surface area contributed by atoms with Gasteiger partial charge in [0.2, 0.25) is 0 Å². The van der Waals surface area contributed by atoms with E-state index in [-0.39, 0.29) is 6.04 Å². The summed E-state index contributed by atoms with van der Waals surface area (Å²) >= 11 is 9.62. The van der Waals surface area contributed by atoms with Gasteiger partial charge in [-0.2, -0.15) is 5.10 Å². The summed E-state index contributed by atoms with van der Waals surface area (Å²) in [6.45, 7) is 0. The van der Waals surface area contributed by atoms with Crippen LogP contribution in [0.3, 0.4) is 0 Å². The number of benzene rings is 3. The van der Waals surface area contributed by atoms with E-state index in [9.17, 15) is 0 Å². The van der Waals surface area contributed by atoms with Gasteiger partial charge in [0, 0.05) is 21.5 Å². The van der Waals surface area contributed by atoms with Gasteiger partial charge in [0.25, 0.3) is 0 Å². The molecule has 5 heteroatoms. The number of rotatable bonds is 4. The molecule has 3 nitrogen and oxygen atoms in total. The van der Waals surface area contributed by atoms with Crippen LogP contribution in [0.5, 0.6) is 5.75 Å². The summed E-state index contributed by atoms with van der Waals surface area (Å²) < 4.78 is 6.64. The van der Waals surface area contributed by atoms with Crippen molar-refractivity contribution in [1.29, 1.82) is 0 Å². The number of halogens is 2. The van der Waals surface area contributed by atoms with E-state index >= 15 is 0 Å². The Hall–Kier alpha value is -2.30. The summed E-state index contributed by atoms with van der Waals surface area (Å²) in [5.41, 5.74) is 4.26. The van der Waals surface area contributed by atoms with Crippen LogP contribution in [0, 0.1) is 0 Å².